The zero-order chi connectivity index (χ0) is 27.6. The number of amides is 3. The van der Waals surface area contributed by atoms with Gasteiger partial charge in [0.15, 0.2) is 0 Å². The summed E-state index contributed by atoms with van der Waals surface area (Å²) in [7, 11) is 1.24. The Balaban J connectivity index is 3.48. The van der Waals surface area contributed by atoms with Gasteiger partial charge in [-0.2, -0.15) is 0 Å². The Morgan fingerprint density at radius 3 is 2.22 bits per heavy atom. The lowest BCUT2D eigenvalue weighted by molar-refractivity contribution is -0.145. The summed E-state index contributed by atoms with van der Waals surface area (Å²) in [5.41, 5.74) is 1.77. The number of hydrogen-bond acceptors (Lipinski definition) is 6. The topological polar surface area (TPSA) is 114 Å². The summed E-state index contributed by atoms with van der Waals surface area (Å²) < 4.78 is 10.0. The number of nitrogens with one attached hydrogen (secondary N) is 2. The monoisotopic (exact) mass is 505 g/mol. The molecule has 3 amide bonds. The van der Waals surface area contributed by atoms with Gasteiger partial charge in [0.25, 0.3) is 0 Å². The highest BCUT2D eigenvalue weighted by molar-refractivity contribution is 5.93. The van der Waals surface area contributed by atoms with Gasteiger partial charge in [-0.1, -0.05) is 44.5 Å². The Kier molecular flexibility index (Phi) is 11.9. The molecule has 0 spiro atoms. The quantitative estimate of drug-likeness (QED) is 0.442. The van der Waals surface area contributed by atoms with Gasteiger partial charge in [-0.25, -0.2) is 4.79 Å². The molecular formula is C27H43N3O6. The van der Waals surface area contributed by atoms with E-state index in [-0.39, 0.29) is 19.0 Å². The van der Waals surface area contributed by atoms with E-state index in [2.05, 4.69) is 15.4 Å². The fraction of sp³-hybridized carbons (Fsp3) is 0.630. The fourth-order valence-corrected chi connectivity index (χ4v) is 3.86. The predicted octanol–water partition coefficient (Wildman–Crippen LogP) is 3.81. The van der Waals surface area contributed by atoms with Crippen molar-refractivity contribution in [2.24, 2.45) is 5.92 Å². The van der Waals surface area contributed by atoms with Crippen molar-refractivity contribution in [3.8, 4) is 0 Å². The molecule has 0 heterocycles. The lowest BCUT2D eigenvalue weighted by Crippen LogP contribution is -2.54. The predicted molar refractivity (Wildman–Crippen MR) is 138 cm³/mol. The number of methoxy groups -OCH3 is 1. The average molecular weight is 506 g/mol. The molecule has 36 heavy (non-hydrogen) atoms. The highest BCUT2D eigenvalue weighted by atomic mass is 16.6. The molecule has 0 aliphatic carbocycles. The third-order valence-corrected chi connectivity index (χ3v) is 5.36. The first-order chi connectivity index (χ1) is 16.7. The van der Waals surface area contributed by atoms with Crippen LogP contribution in [0.4, 0.5) is 4.79 Å². The largest absolute Gasteiger partial charge is 0.468 e. The second-order valence-electron chi connectivity index (χ2n) is 10.4. The first kappa shape index (κ1) is 30.9. The molecule has 9 heteroatoms. The van der Waals surface area contributed by atoms with E-state index in [4.69, 9.17) is 4.74 Å². The molecule has 0 saturated heterocycles. The first-order valence-corrected chi connectivity index (χ1v) is 12.4. The first-order valence-electron chi connectivity index (χ1n) is 12.4. The van der Waals surface area contributed by atoms with Crippen LogP contribution < -0.4 is 10.6 Å². The van der Waals surface area contributed by atoms with E-state index in [0.29, 0.717) is 18.4 Å². The molecule has 0 fully saturated rings. The van der Waals surface area contributed by atoms with Crippen molar-refractivity contribution in [2.45, 2.75) is 85.9 Å². The van der Waals surface area contributed by atoms with Crippen LogP contribution in [0.5, 0.6) is 0 Å². The van der Waals surface area contributed by atoms with E-state index >= 15 is 0 Å². The standard InChI is InChI=1S/C27H43N3O6/c1-10-13-30(25(33)21(14-17(2)3)29-26(34)36-27(6,7)8)23(24(32)28-16-22(31)35-9)20-12-11-18(4)15-19(20)5/h11-12,15,17,21,23H,10,13-14,16H2,1-9H3,(H,28,32)(H,29,34). The lowest BCUT2D eigenvalue weighted by atomic mass is 9.95. The van der Waals surface area contributed by atoms with Gasteiger partial charge in [0.05, 0.1) is 7.11 Å². The molecule has 0 bridgehead atoms. The summed E-state index contributed by atoms with van der Waals surface area (Å²) in [4.78, 5) is 53.2. The maximum absolute atomic E-state index is 13.9. The number of alkyl carbamates (subject to hydrolysis) is 1. The van der Waals surface area contributed by atoms with Crippen LogP contribution in [-0.4, -0.2) is 60.6 Å². The number of aryl methyl sites for hydroxylation is 2. The van der Waals surface area contributed by atoms with E-state index in [1.807, 2.05) is 52.8 Å². The van der Waals surface area contributed by atoms with Gasteiger partial charge in [-0.3, -0.25) is 14.4 Å². The Hall–Kier alpha value is -3.10. The number of ether oxygens (including phenoxy) is 2. The lowest BCUT2D eigenvalue weighted by Gasteiger charge is -2.35. The summed E-state index contributed by atoms with van der Waals surface area (Å²) in [6.07, 6.45) is 0.246. The van der Waals surface area contributed by atoms with Crippen molar-refractivity contribution in [1.29, 1.82) is 0 Å². The van der Waals surface area contributed by atoms with Gasteiger partial charge in [0.2, 0.25) is 11.8 Å². The van der Waals surface area contributed by atoms with Crippen LogP contribution in [0.3, 0.4) is 0 Å². The van der Waals surface area contributed by atoms with Crippen LogP contribution in [0, 0.1) is 19.8 Å². The molecule has 0 saturated carbocycles. The molecule has 2 N–H and O–H groups in total. The third kappa shape index (κ3) is 9.87. The molecule has 0 aromatic heterocycles. The van der Waals surface area contributed by atoms with Crippen LogP contribution in [0.1, 0.15) is 77.1 Å². The number of esters is 1. The van der Waals surface area contributed by atoms with Gasteiger partial charge < -0.3 is 25.0 Å². The normalized spacial score (nSPS) is 12.9. The number of benzene rings is 1. The number of nitrogens with zero attached hydrogens (tertiary/aromatic N) is 1. The highest BCUT2D eigenvalue weighted by Crippen LogP contribution is 2.27. The van der Waals surface area contributed by atoms with Crippen LogP contribution >= 0.6 is 0 Å². The second-order valence-corrected chi connectivity index (χ2v) is 10.4. The SMILES string of the molecule is CCCN(C(=O)C(CC(C)C)NC(=O)OC(C)(C)C)C(C(=O)NCC(=O)OC)c1ccc(C)cc1C. The highest BCUT2D eigenvalue weighted by Gasteiger charge is 2.37. The summed E-state index contributed by atoms with van der Waals surface area (Å²) in [6.45, 7) is 14.8. The van der Waals surface area contributed by atoms with Crippen molar-refractivity contribution in [3.63, 3.8) is 0 Å². The molecule has 1 aromatic carbocycles. The van der Waals surface area contributed by atoms with Crippen LogP contribution in [-0.2, 0) is 23.9 Å². The minimum absolute atomic E-state index is 0.0880. The van der Waals surface area contributed by atoms with E-state index in [0.717, 1.165) is 11.1 Å². The average Bonchev–Trinajstić information content (AvgIpc) is 2.75. The maximum Gasteiger partial charge on any atom is 0.408 e. The van der Waals surface area contributed by atoms with Gasteiger partial charge in [0, 0.05) is 6.54 Å². The molecule has 9 nitrogen and oxygen atoms in total. The van der Waals surface area contributed by atoms with E-state index in [9.17, 15) is 19.2 Å². The van der Waals surface area contributed by atoms with Gasteiger partial charge in [0.1, 0.15) is 24.2 Å². The third-order valence-electron chi connectivity index (χ3n) is 5.36. The minimum Gasteiger partial charge on any atom is -0.468 e. The maximum atomic E-state index is 13.9. The molecule has 2 unspecified atom stereocenters. The van der Waals surface area contributed by atoms with Crippen LogP contribution in [0.2, 0.25) is 0 Å². The van der Waals surface area contributed by atoms with E-state index in [1.54, 1.807) is 20.8 Å². The van der Waals surface area contributed by atoms with Crippen LogP contribution in [0.25, 0.3) is 0 Å². The molecule has 202 valence electrons. The van der Waals surface area contributed by atoms with Crippen molar-refractivity contribution in [2.75, 3.05) is 20.2 Å². The number of hydrogen-bond donors (Lipinski definition) is 2. The van der Waals surface area contributed by atoms with Crippen LogP contribution in [0.15, 0.2) is 18.2 Å². The second kappa shape index (κ2) is 13.8. The molecule has 0 aliphatic rings. The van der Waals surface area contributed by atoms with Crippen molar-refractivity contribution >= 4 is 23.9 Å². The smallest absolute Gasteiger partial charge is 0.408 e. The Labute approximate surface area is 215 Å². The Morgan fingerprint density at radius 2 is 1.72 bits per heavy atom. The fourth-order valence-electron chi connectivity index (χ4n) is 3.86. The summed E-state index contributed by atoms with van der Waals surface area (Å²) in [6, 6.07) is 3.74. The molecule has 0 aliphatic heterocycles. The van der Waals surface area contributed by atoms with Gasteiger partial charge in [-0.15, -0.1) is 0 Å². The molecular weight excluding hydrogens is 462 g/mol. The summed E-state index contributed by atoms with van der Waals surface area (Å²) >= 11 is 0. The number of carbonyl (C=O) groups excluding carboxylic acids is 4. The Bertz CT molecular complexity index is 923. The van der Waals surface area contributed by atoms with Gasteiger partial charge >= 0.3 is 12.1 Å². The molecule has 2 atom stereocenters. The summed E-state index contributed by atoms with van der Waals surface area (Å²) in [5, 5.41) is 5.31. The van der Waals surface area contributed by atoms with Crippen molar-refractivity contribution in [3.05, 3.63) is 34.9 Å². The van der Waals surface area contributed by atoms with Crippen molar-refractivity contribution < 1.29 is 28.7 Å². The summed E-state index contributed by atoms with van der Waals surface area (Å²) in [5.74, 6) is -1.41. The van der Waals surface area contributed by atoms with Crippen molar-refractivity contribution in [1.82, 2.24) is 15.5 Å². The zero-order valence-corrected chi connectivity index (χ0v) is 23.2. The molecule has 1 rings (SSSR count). The van der Waals surface area contributed by atoms with E-state index < -0.39 is 41.6 Å². The zero-order valence-electron chi connectivity index (χ0n) is 23.2. The molecule has 1 aromatic rings. The number of rotatable bonds is 11. The van der Waals surface area contributed by atoms with Gasteiger partial charge in [-0.05, 0) is 64.5 Å². The number of carbonyl (C=O) groups is 4. The minimum atomic E-state index is -1.00. The van der Waals surface area contributed by atoms with E-state index in [1.165, 1.54) is 12.0 Å². The molecule has 0 radical (unpaired) electrons. The Morgan fingerprint density at radius 1 is 1.08 bits per heavy atom.